The minimum absolute atomic E-state index is 0.695. The maximum Gasteiger partial charge on any atom is 0.0534 e. The third kappa shape index (κ3) is 1.70. The van der Waals surface area contributed by atoms with Crippen molar-refractivity contribution in [3.63, 3.8) is 0 Å². The molecular formula is C20H26N2. The molecule has 116 valence electrons. The van der Waals surface area contributed by atoms with E-state index in [1.807, 2.05) is 0 Å². The number of piperidine rings is 1. The Bertz CT molecular complexity index is 714. The molecule has 0 spiro atoms. The second-order valence-corrected chi connectivity index (χ2v) is 7.67. The van der Waals surface area contributed by atoms with Gasteiger partial charge in [-0.3, -0.25) is 4.90 Å². The maximum absolute atomic E-state index is 2.81. The van der Waals surface area contributed by atoms with Crippen LogP contribution in [0.5, 0.6) is 0 Å². The molecule has 1 aromatic heterocycles. The topological polar surface area (TPSA) is 8.17 Å². The van der Waals surface area contributed by atoms with Crippen molar-refractivity contribution < 1.29 is 0 Å². The van der Waals surface area contributed by atoms with Crippen molar-refractivity contribution in [3.05, 3.63) is 35.5 Å². The number of aromatic nitrogens is 1. The number of aryl methyl sites for hydroxylation is 1. The highest BCUT2D eigenvalue weighted by Crippen LogP contribution is 2.50. The Morgan fingerprint density at radius 3 is 2.82 bits per heavy atom. The summed E-state index contributed by atoms with van der Waals surface area (Å²) in [5.41, 5.74) is 4.75. The second kappa shape index (κ2) is 4.86. The number of hydrogen-bond acceptors (Lipinski definition) is 1. The predicted molar refractivity (Wildman–Crippen MR) is 91.0 cm³/mol. The Morgan fingerprint density at radius 2 is 1.86 bits per heavy atom. The molecule has 2 nitrogen and oxygen atoms in total. The van der Waals surface area contributed by atoms with Crippen LogP contribution in [0.25, 0.3) is 10.9 Å². The summed E-state index contributed by atoms with van der Waals surface area (Å²) in [6.45, 7) is 2.60. The summed E-state index contributed by atoms with van der Waals surface area (Å²) < 4.78 is 2.53. The van der Waals surface area contributed by atoms with Gasteiger partial charge in [0.25, 0.3) is 0 Å². The Hall–Kier alpha value is -1.28. The minimum atomic E-state index is 0.695. The van der Waals surface area contributed by atoms with Crippen molar-refractivity contribution in [2.45, 2.75) is 44.6 Å². The van der Waals surface area contributed by atoms with Crippen LogP contribution in [-0.4, -0.2) is 22.6 Å². The van der Waals surface area contributed by atoms with Gasteiger partial charge in [0.1, 0.15) is 0 Å². The summed E-state index contributed by atoms with van der Waals surface area (Å²) >= 11 is 0. The molecule has 0 amide bonds. The fourth-order valence-electron chi connectivity index (χ4n) is 5.77. The van der Waals surface area contributed by atoms with Crippen molar-refractivity contribution in [3.8, 4) is 0 Å². The molecule has 2 aromatic rings. The highest BCUT2D eigenvalue weighted by molar-refractivity contribution is 5.86. The molecule has 3 aliphatic rings. The zero-order valence-electron chi connectivity index (χ0n) is 13.6. The van der Waals surface area contributed by atoms with E-state index in [1.54, 1.807) is 11.3 Å². The van der Waals surface area contributed by atoms with Crippen LogP contribution in [0.4, 0.5) is 0 Å². The van der Waals surface area contributed by atoms with Crippen molar-refractivity contribution in [1.82, 2.24) is 9.47 Å². The fourth-order valence-corrected chi connectivity index (χ4v) is 5.77. The van der Waals surface area contributed by atoms with E-state index in [2.05, 4.69) is 40.8 Å². The van der Waals surface area contributed by atoms with E-state index in [1.165, 1.54) is 62.5 Å². The zero-order chi connectivity index (χ0) is 14.7. The fraction of sp³-hybridized carbons (Fsp3) is 0.600. The number of para-hydroxylation sites is 1. The lowest BCUT2D eigenvalue weighted by Gasteiger charge is -2.50. The lowest BCUT2D eigenvalue weighted by Crippen LogP contribution is -2.48. The highest BCUT2D eigenvalue weighted by Gasteiger charge is 2.43. The molecule has 1 aliphatic carbocycles. The molecule has 0 bridgehead atoms. The molecule has 1 saturated carbocycles. The minimum Gasteiger partial charge on any atom is -0.346 e. The SMILES string of the molecule is Cn1c2c(c3ccccc31)CCN1CCC3CCCCC3C21. The quantitative estimate of drug-likeness (QED) is 0.704. The number of benzene rings is 1. The van der Waals surface area contributed by atoms with Gasteiger partial charge < -0.3 is 4.57 Å². The molecule has 2 fully saturated rings. The largest absolute Gasteiger partial charge is 0.346 e. The summed E-state index contributed by atoms with van der Waals surface area (Å²) in [4.78, 5) is 2.81. The van der Waals surface area contributed by atoms with Crippen LogP contribution in [0.1, 0.15) is 49.4 Å². The molecule has 22 heavy (non-hydrogen) atoms. The van der Waals surface area contributed by atoms with Crippen molar-refractivity contribution in [2.24, 2.45) is 18.9 Å². The van der Waals surface area contributed by atoms with Gasteiger partial charge in [0, 0.05) is 30.2 Å². The number of fused-ring (bicyclic) bond motifs is 7. The van der Waals surface area contributed by atoms with Gasteiger partial charge in [-0.15, -0.1) is 0 Å². The van der Waals surface area contributed by atoms with E-state index in [0.29, 0.717) is 6.04 Å². The summed E-state index contributed by atoms with van der Waals surface area (Å²) in [7, 11) is 2.30. The van der Waals surface area contributed by atoms with Gasteiger partial charge in [-0.25, -0.2) is 0 Å². The van der Waals surface area contributed by atoms with Crippen LogP contribution < -0.4 is 0 Å². The van der Waals surface area contributed by atoms with Crippen molar-refractivity contribution >= 4 is 10.9 Å². The van der Waals surface area contributed by atoms with E-state index in [-0.39, 0.29) is 0 Å². The van der Waals surface area contributed by atoms with Gasteiger partial charge in [-0.1, -0.05) is 37.5 Å². The van der Waals surface area contributed by atoms with Crippen LogP contribution in [0.3, 0.4) is 0 Å². The van der Waals surface area contributed by atoms with Gasteiger partial charge in [0.05, 0.1) is 6.04 Å². The van der Waals surface area contributed by atoms with Gasteiger partial charge in [0.2, 0.25) is 0 Å². The summed E-state index contributed by atoms with van der Waals surface area (Å²) in [6.07, 6.45) is 8.53. The van der Waals surface area contributed by atoms with Gasteiger partial charge in [0.15, 0.2) is 0 Å². The smallest absolute Gasteiger partial charge is 0.0534 e. The van der Waals surface area contributed by atoms with Crippen LogP contribution in [0.15, 0.2) is 24.3 Å². The van der Waals surface area contributed by atoms with Crippen LogP contribution in [-0.2, 0) is 13.5 Å². The molecule has 0 radical (unpaired) electrons. The molecule has 2 heteroatoms. The first-order valence-corrected chi connectivity index (χ1v) is 9.15. The second-order valence-electron chi connectivity index (χ2n) is 7.67. The maximum atomic E-state index is 2.81. The summed E-state index contributed by atoms with van der Waals surface area (Å²) in [6, 6.07) is 9.74. The van der Waals surface area contributed by atoms with E-state index >= 15 is 0 Å². The Kier molecular flexibility index (Phi) is 2.91. The van der Waals surface area contributed by atoms with Gasteiger partial charge in [-0.2, -0.15) is 0 Å². The normalized spacial score (nSPS) is 31.6. The lowest BCUT2D eigenvalue weighted by atomic mass is 9.68. The molecule has 3 atom stereocenters. The Labute approximate surface area is 133 Å². The monoisotopic (exact) mass is 294 g/mol. The standard InChI is InChI=1S/C20H26N2/c1-21-18-9-5-4-8-16(18)17-11-13-22-12-10-14-6-2-3-7-15(14)20(22)19(17)21/h4-5,8-9,14-15,20H,2-3,6-7,10-13H2,1H3. The van der Waals surface area contributed by atoms with Crippen LogP contribution >= 0.6 is 0 Å². The lowest BCUT2D eigenvalue weighted by molar-refractivity contribution is 0.0129. The molecule has 3 heterocycles. The number of hydrogen-bond donors (Lipinski definition) is 0. The molecule has 2 aliphatic heterocycles. The zero-order valence-corrected chi connectivity index (χ0v) is 13.6. The first-order valence-electron chi connectivity index (χ1n) is 9.15. The molecule has 5 rings (SSSR count). The Balaban J connectivity index is 1.70. The third-order valence-electron chi connectivity index (χ3n) is 6.74. The summed E-state index contributed by atoms with van der Waals surface area (Å²) in [5.74, 6) is 1.89. The van der Waals surface area contributed by atoms with E-state index in [0.717, 1.165) is 11.8 Å². The molecule has 1 saturated heterocycles. The number of rotatable bonds is 0. The average molecular weight is 294 g/mol. The molecule has 1 aromatic carbocycles. The molecule has 3 unspecified atom stereocenters. The predicted octanol–water partition coefficient (Wildman–Crippen LogP) is 4.29. The average Bonchev–Trinajstić information content (AvgIpc) is 2.88. The van der Waals surface area contributed by atoms with Gasteiger partial charge in [-0.05, 0) is 49.3 Å². The van der Waals surface area contributed by atoms with Crippen molar-refractivity contribution in [1.29, 1.82) is 0 Å². The molecule has 0 N–H and O–H groups in total. The molecular weight excluding hydrogens is 268 g/mol. The van der Waals surface area contributed by atoms with Gasteiger partial charge >= 0.3 is 0 Å². The summed E-state index contributed by atoms with van der Waals surface area (Å²) in [5, 5.41) is 1.51. The van der Waals surface area contributed by atoms with Crippen LogP contribution in [0, 0.1) is 11.8 Å². The van der Waals surface area contributed by atoms with Crippen molar-refractivity contribution in [2.75, 3.05) is 13.1 Å². The number of nitrogens with zero attached hydrogens (tertiary/aromatic N) is 2. The third-order valence-corrected chi connectivity index (χ3v) is 6.74. The van der Waals surface area contributed by atoms with E-state index in [4.69, 9.17) is 0 Å². The van der Waals surface area contributed by atoms with E-state index < -0.39 is 0 Å². The van der Waals surface area contributed by atoms with E-state index in [9.17, 15) is 0 Å². The first-order chi connectivity index (χ1) is 10.8. The highest BCUT2D eigenvalue weighted by atomic mass is 15.2. The Morgan fingerprint density at radius 1 is 1.00 bits per heavy atom. The first kappa shape index (κ1) is 13.2. The van der Waals surface area contributed by atoms with Crippen LogP contribution in [0.2, 0.25) is 0 Å².